The molecule has 4 nitrogen and oxygen atoms in total. The number of nitrogens with two attached hydrogens (primary N) is 1. The summed E-state index contributed by atoms with van der Waals surface area (Å²) in [5.74, 6) is -0.523. The third-order valence-corrected chi connectivity index (χ3v) is 2.38. The number of hydrogen-bond donors (Lipinski definition) is 1. The summed E-state index contributed by atoms with van der Waals surface area (Å²) in [4.78, 5) is 14.9. The summed E-state index contributed by atoms with van der Waals surface area (Å²) in [6, 6.07) is 3.69. The SMILES string of the molecule is NC(=O)c1nccc2ccn(Br)c12. The standard InChI is InChI=1S/C8H6BrN3O/c9-12-4-2-5-1-3-11-6(7(5)12)8(10)13/h1-4H,(H2,10,13). The van der Waals surface area contributed by atoms with Gasteiger partial charge in [-0.05, 0) is 12.1 Å². The number of fused-ring (bicyclic) bond motifs is 1. The van der Waals surface area contributed by atoms with Gasteiger partial charge in [0.15, 0.2) is 5.69 Å². The van der Waals surface area contributed by atoms with Gasteiger partial charge in [-0.2, -0.15) is 0 Å². The number of halogens is 1. The Bertz CT molecular complexity index is 477. The minimum Gasteiger partial charge on any atom is -0.364 e. The van der Waals surface area contributed by atoms with Gasteiger partial charge in [-0.25, -0.2) is 4.98 Å². The molecule has 0 radical (unpaired) electrons. The Morgan fingerprint density at radius 1 is 1.54 bits per heavy atom. The molecule has 0 spiro atoms. The Morgan fingerprint density at radius 3 is 3.00 bits per heavy atom. The number of pyridine rings is 1. The van der Waals surface area contributed by atoms with Crippen LogP contribution < -0.4 is 5.73 Å². The summed E-state index contributed by atoms with van der Waals surface area (Å²) in [6.07, 6.45) is 3.36. The largest absolute Gasteiger partial charge is 0.364 e. The lowest BCUT2D eigenvalue weighted by Crippen LogP contribution is -2.13. The molecule has 0 unspecified atom stereocenters. The molecule has 2 N–H and O–H groups in total. The van der Waals surface area contributed by atoms with E-state index in [-0.39, 0.29) is 5.69 Å². The van der Waals surface area contributed by atoms with Gasteiger partial charge in [0.2, 0.25) is 0 Å². The summed E-state index contributed by atoms with van der Waals surface area (Å²) in [5, 5.41) is 0.931. The highest BCUT2D eigenvalue weighted by molar-refractivity contribution is 9.08. The van der Waals surface area contributed by atoms with Crippen LogP contribution in [-0.2, 0) is 0 Å². The van der Waals surface area contributed by atoms with Gasteiger partial charge in [0.25, 0.3) is 5.91 Å². The molecule has 2 aromatic rings. The summed E-state index contributed by atoms with van der Waals surface area (Å²) in [6.45, 7) is 0. The van der Waals surface area contributed by atoms with Crippen molar-refractivity contribution in [3.8, 4) is 0 Å². The van der Waals surface area contributed by atoms with E-state index in [9.17, 15) is 4.79 Å². The highest BCUT2D eigenvalue weighted by Gasteiger charge is 2.10. The van der Waals surface area contributed by atoms with E-state index in [0.29, 0.717) is 5.52 Å². The number of primary amides is 1. The third-order valence-electron chi connectivity index (χ3n) is 1.79. The first kappa shape index (κ1) is 8.25. The van der Waals surface area contributed by atoms with E-state index >= 15 is 0 Å². The van der Waals surface area contributed by atoms with Crippen LogP contribution in [0.15, 0.2) is 24.5 Å². The van der Waals surface area contributed by atoms with Crippen LogP contribution >= 0.6 is 16.1 Å². The zero-order valence-electron chi connectivity index (χ0n) is 6.57. The minimum atomic E-state index is -0.523. The molecule has 0 bridgehead atoms. The smallest absolute Gasteiger partial charge is 0.269 e. The summed E-state index contributed by atoms with van der Waals surface area (Å²) >= 11 is 3.25. The zero-order valence-corrected chi connectivity index (χ0v) is 8.15. The van der Waals surface area contributed by atoms with E-state index in [2.05, 4.69) is 21.1 Å². The van der Waals surface area contributed by atoms with E-state index < -0.39 is 5.91 Å². The maximum Gasteiger partial charge on any atom is 0.269 e. The number of rotatable bonds is 1. The highest BCUT2D eigenvalue weighted by Crippen LogP contribution is 2.19. The van der Waals surface area contributed by atoms with Crippen LogP contribution in [0.1, 0.15) is 10.5 Å². The summed E-state index contributed by atoms with van der Waals surface area (Å²) in [7, 11) is 0. The van der Waals surface area contributed by atoms with Crippen LogP contribution in [-0.4, -0.2) is 14.5 Å². The molecule has 0 aliphatic rings. The molecule has 0 aliphatic carbocycles. The third kappa shape index (κ3) is 1.21. The van der Waals surface area contributed by atoms with Gasteiger partial charge in [-0.15, -0.1) is 0 Å². The van der Waals surface area contributed by atoms with Gasteiger partial charge >= 0.3 is 0 Å². The zero-order chi connectivity index (χ0) is 9.42. The summed E-state index contributed by atoms with van der Waals surface area (Å²) < 4.78 is 1.65. The highest BCUT2D eigenvalue weighted by atomic mass is 79.9. The normalized spacial score (nSPS) is 10.5. The minimum absolute atomic E-state index is 0.277. The van der Waals surface area contributed by atoms with Crippen molar-refractivity contribution in [2.45, 2.75) is 0 Å². The molecule has 1 amide bonds. The first-order valence-corrected chi connectivity index (χ1v) is 4.33. The molecule has 0 saturated carbocycles. The van der Waals surface area contributed by atoms with Crippen molar-refractivity contribution >= 4 is 33.0 Å². The van der Waals surface area contributed by atoms with Gasteiger partial charge < -0.3 is 5.73 Å². The molecule has 5 heteroatoms. The second-order valence-corrected chi connectivity index (χ2v) is 3.35. The number of carbonyl (C=O) groups is 1. The van der Waals surface area contributed by atoms with E-state index in [1.54, 1.807) is 16.0 Å². The predicted octanol–water partition coefficient (Wildman–Crippen LogP) is 1.29. The van der Waals surface area contributed by atoms with Gasteiger partial charge in [0, 0.05) is 17.8 Å². The first-order valence-electron chi connectivity index (χ1n) is 3.62. The molecular formula is C8H6BrN3O. The molecule has 13 heavy (non-hydrogen) atoms. The number of aromatic nitrogens is 2. The van der Waals surface area contributed by atoms with E-state index in [1.165, 1.54) is 0 Å². The van der Waals surface area contributed by atoms with Crippen molar-refractivity contribution in [3.63, 3.8) is 0 Å². The first-order chi connectivity index (χ1) is 6.20. The van der Waals surface area contributed by atoms with Gasteiger partial charge in [0.1, 0.15) is 0 Å². The second-order valence-electron chi connectivity index (χ2n) is 2.59. The lowest BCUT2D eigenvalue weighted by molar-refractivity contribution is 0.0997. The fourth-order valence-corrected chi connectivity index (χ4v) is 1.72. The number of amides is 1. The number of carbonyl (C=O) groups excluding carboxylic acids is 1. The van der Waals surface area contributed by atoms with Crippen molar-refractivity contribution in [2.75, 3.05) is 0 Å². The Hall–Kier alpha value is -1.36. The molecule has 0 saturated heterocycles. The van der Waals surface area contributed by atoms with Crippen molar-refractivity contribution in [1.82, 2.24) is 8.58 Å². The van der Waals surface area contributed by atoms with Crippen molar-refractivity contribution < 1.29 is 4.79 Å². The lowest BCUT2D eigenvalue weighted by atomic mass is 10.2. The number of hydrogen-bond acceptors (Lipinski definition) is 2. The van der Waals surface area contributed by atoms with Crippen LogP contribution in [0.25, 0.3) is 10.9 Å². The molecule has 2 rings (SSSR count). The maximum atomic E-state index is 11.0. The Morgan fingerprint density at radius 2 is 2.31 bits per heavy atom. The fourth-order valence-electron chi connectivity index (χ4n) is 1.23. The van der Waals surface area contributed by atoms with Crippen molar-refractivity contribution in [3.05, 3.63) is 30.2 Å². The monoisotopic (exact) mass is 239 g/mol. The summed E-state index contributed by atoms with van der Waals surface area (Å²) in [5.41, 5.74) is 6.15. The fraction of sp³-hybridized carbons (Fsp3) is 0. The van der Waals surface area contributed by atoms with Crippen molar-refractivity contribution in [1.29, 1.82) is 0 Å². The van der Waals surface area contributed by atoms with Crippen LogP contribution in [0.5, 0.6) is 0 Å². The van der Waals surface area contributed by atoms with Crippen LogP contribution in [0.2, 0.25) is 0 Å². The topological polar surface area (TPSA) is 60.9 Å². The number of nitrogens with zero attached hydrogens (tertiary/aromatic N) is 2. The average molecular weight is 240 g/mol. The molecule has 0 aromatic carbocycles. The van der Waals surface area contributed by atoms with Crippen LogP contribution in [0, 0.1) is 0 Å². The van der Waals surface area contributed by atoms with Crippen molar-refractivity contribution in [2.24, 2.45) is 5.73 Å². The van der Waals surface area contributed by atoms with E-state index in [0.717, 1.165) is 5.39 Å². The Kier molecular flexibility index (Phi) is 1.81. The molecule has 2 heterocycles. The second kappa shape index (κ2) is 2.85. The Balaban J connectivity index is 2.88. The molecule has 66 valence electrons. The molecule has 2 aromatic heterocycles. The quantitative estimate of drug-likeness (QED) is 0.816. The molecule has 0 aliphatic heterocycles. The van der Waals surface area contributed by atoms with Crippen LogP contribution in [0.3, 0.4) is 0 Å². The van der Waals surface area contributed by atoms with Gasteiger partial charge in [-0.1, -0.05) is 0 Å². The molecule has 0 fully saturated rings. The van der Waals surface area contributed by atoms with E-state index in [1.807, 2.05) is 12.1 Å². The lowest BCUT2D eigenvalue weighted by Gasteiger charge is -1.98. The van der Waals surface area contributed by atoms with Crippen LogP contribution in [0.4, 0.5) is 0 Å². The Labute approximate surface area is 82.7 Å². The predicted molar refractivity (Wildman–Crippen MR) is 52.6 cm³/mol. The van der Waals surface area contributed by atoms with Gasteiger partial charge in [0.05, 0.1) is 21.7 Å². The maximum absolute atomic E-state index is 11.0. The molecular weight excluding hydrogens is 234 g/mol. The van der Waals surface area contributed by atoms with E-state index in [4.69, 9.17) is 5.73 Å². The molecule has 0 atom stereocenters. The average Bonchev–Trinajstić information content (AvgIpc) is 2.48. The van der Waals surface area contributed by atoms with Gasteiger partial charge in [-0.3, -0.25) is 8.39 Å².